The third-order valence-corrected chi connectivity index (χ3v) is 5.49. The number of piperidine rings is 1. The number of carbonyl (C=O) groups excluding carboxylic acids is 1. The zero-order chi connectivity index (χ0) is 16.5. The van der Waals surface area contributed by atoms with E-state index < -0.39 is 0 Å². The molecule has 1 unspecified atom stereocenters. The molecule has 0 saturated carbocycles. The molecular formula is C19H22ClN3O. The Morgan fingerprint density at radius 3 is 2.58 bits per heavy atom. The molecule has 1 aromatic heterocycles. The molecule has 5 heteroatoms. The van der Waals surface area contributed by atoms with Gasteiger partial charge in [0.2, 0.25) is 0 Å². The number of hydrogen-bond donors (Lipinski definition) is 1. The number of benzene rings is 1. The zero-order valence-corrected chi connectivity index (χ0v) is 14.4. The Balaban J connectivity index is 1.44. The maximum atomic E-state index is 12.6. The first-order valence-electron chi connectivity index (χ1n) is 8.64. The number of halogens is 1. The molecule has 0 spiro atoms. The van der Waals surface area contributed by atoms with Gasteiger partial charge >= 0.3 is 6.03 Å². The molecule has 2 aromatic rings. The van der Waals surface area contributed by atoms with Crippen molar-refractivity contribution in [1.82, 2.24) is 14.8 Å². The summed E-state index contributed by atoms with van der Waals surface area (Å²) in [5, 5.41) is 3.93. The van der Waals surface area contributed by atoms with E-state index in [1.165, 1.54) is 25.9 Å². The average molecular weight is 344 g/mol. The van der Waals surface area contributed by atoms with Gasteiger partial charge in [-0.2, -0.15) is 0 Å². The second-order valence-corrected chi connectivity index (χ2v) is 7.38. The third kappa shape index (κ3) is 3.35. The maximum Gasteiger partial charge on any atom is 0.325 e. The Hall–Kier alpha value is -1.78. The Morgan fingerprint density at radius 1 is 1.08 bits per heavy atom. The molecule has 3 saturated heterocycles. The number of hydrogen-bond acceptors (Lipinski definition) is 2. The van der Waals surface area contributed by atoms with Crippen LogP contribution in [0.5, 0.6) is 0 Å². The molecule has 4 nitrogen and oxygen atoms in total. The summed E-state index contributed by atoms with van der Waals surface area (Å²) in [5.74, 6) is 0.767. The van der Waals surface area contributed by atoms with Crippen molar-refractivity contribution in [2.75, 3.05) is 19.6 Å². The first kappa shape index (κ1) is 15.7. The van der Waals surface area contributed by atoms with E-state index in [2.05, 4.69) is 10.2 Å². The Kier molecular flexibility index (Phi) is 4.33. The van der Waals surface area contributed by atoms with Gasteiger partial charge in [0.05, 0.1) is 0 Å². The summed E-state index contributed by atoms with van der Waals surface area (Å²) in [6, 6.07) is 9.85. The quantitative estimate of drug-likeness (QED) is 0.899. The van der Waals surface area contributed by atoms with E-state index in [1.807, 2.05) is 42.7 Å². The van der Waals surface area contributed by atoms with Crippen LogP contribution in [0, 0.1) is 5.92 Å². The lowest BCUT2D eigenvalue weighted by Crippen LogP contribution is -2.43. The highest BCUT2D eigenvalue weighted by Gasteiger charge is 2.29. The monoisotopic (exact) mass is 343 g/mol. The summed E-state index contributed by atoms with van der Waals surface area (Å²) >= 11 is 5.93. The van der Waals surface area contributed by atoms with Crippen molar-refractivity contribution in [3.63, 3.8) is 0 Å². The van der Waals surface area contributed by atoms with Crippen LogP contribution in [0.3, 0.4) is 0 Å². The van der Waals surface area contributed by atoms with Crippen LogP contribution in [0.2, 0.25) is 5.02 Å². The van der Waals surface area contributed by atoms with Crippen LogP contribution >= 0.6 is 11.6 Å². The van der Waals surface area contributed by atoms with Gasteiger partial charge in [-0.3, -0.25) is 4.57 Å². The van der Waals surface area contributed by atoms with Crippen LogP contribution in [-0.4, -0.2) is 41.2 Å². The SMILES string of the molecule is O=C(NC1CC2CCN(CC2)C1)n1ccc(-c2ccc(Cl)cc2)c1. The summed E-state index contributed by atoms with van der Waals surface area (Å²) in [4.78, 5) is 15.0. The highest BCUT2D eigenvalue weighted by molar-refractivity contribution is 6.30. The Labute approximate surface area is 147 Å². The highest BCUT2D eigenvalue weighted by atomic mass is 35.5. The lowest BCUT2D eigenvalue weighted by atomic mass is 9.94. The smallest absolute Gasteiger partial charge is 0.325 e. The molecule has 1 atom stereocenters. The summed E-state index contributed by atoms with van der Waals surface area (Å²) in [5.41, 5.74) is 2.08. The molecule has 24 heavy (non-hydrogen) atoms. The van der Waals surface area contributed by atoms with Crippen LogP contribution < -0.4 is 5.32 Å². The van der Waals surface area contributed by atoms with E-state index in [1.54, 1.807) is 4.57 Å². The van der Waals surface area contributed by atoms with Crippen molar-refractivity contribution in [1.29, 1.82) is 0 Å². The summed E-state index contributed by atoms with van der Waals surface area (Å²) in [6.45, 7) is 3.34. The van der Waals surface area contributed by atoms with E-state index in [4.69, 9.17) is 11.6 Å². The van der Waals surface area contributed by atoms with Crippen LogP contribution in [0.25, 0.3) is 11.1 Å². The van der Waals surface area contributed by atoms with Crippen molar-refractivity contribution < 1.29 is 4.79 Å². The summed E-state index contributed by atoms with van der Waals surface area (Å²) in [7, 11) is 0. The standard InChI is InChI=1S/C19H22ClN3O/c20-17-3-1-15(2-4-17)16-7-10-23(12-16)19(24)21-18-11-14-5-8-22(13-18)9-6-14/h1-4,7,10,12,14,18H,5-6,8-9,11,13H2,(H,21,24). The molecule has 3 aliphatic rings. The van der Waals surface area contributed by atoms with Crippen molar-refractivity contribution in [3.05, 3.63) is 47.7 Å². The predicted octanol–water partition coefficient (Wildman–Crippen LogP) is 3.85. The fraction of sp³-hybridized carbons (Fsp3) is 0.421. The van der Waals surface area contributed by atoms with Gasteiger partial charge in [-0.25, -0.2) is 4.79 Å². The van der Waals surface area contributed by atoms with Crippen molar-refractivity contribution in [2.45, 2.75) is 25.3 Å². The van der Waals surface area contributed by atoms with Crippen LogP contribution in [0.1, 0.15) is 19.3 Å². The van der Waals surface area contributed by atoms with Crippen molar-refractivity contribution in [3.8, 4) is 11.1 Å². The molecule has 5 rings (SSSR count). The molecule has 0 aliphatic carbocycles. The number of fused-ring (bicyclic) bond motifs is 4. The van der Waals surface area contributed by atoms with Crippen LogP contribution in [0.15, 0.2) is 42.7 Å². The molecule has 1 aromatic carbocycles. The number of carbonyl (C=O) groups is 1. The van der Waals surface area contributed by atoms with Gasteiger partial charge in [0.15, 0.2) is 0 Å². The van der Waals surface area contributed by atoms with E-state index >= 15 is 0 Å². The fourth-order valence-electron chi connectivity index (χ4n) is 3.88. The van der Waals surface area contributed by atoms with Gasteiger partial charge in [0.1, 0.15) is 0 Å². The molecule has 3 aliphatic heterocycles. The minimum Gasteiger partial charge on any atom is -0.333 e. The summed E-state index contributed by atoms with van der Waals surface area (Å²) < 4.78 is 1.64. The van der Waals surface area contributed by atoms with E-state index in [0.29, 0.717) is 5.02 Å². The molecule has 4 heterocycles. The molecular weight excluding hydrogens is 322 g/mol. The van der Waals surface area contributed by atoms with Gasteiger partial charge in [-0.15, -0.1) is 0 Å². The molecule has 1 N–H and O–H groups in total. The number of amides is 1. The van der Waals surface area contributed by atoms with Crippen molar-refractivity contribution in [2.24, 2.45) is 5.92 Å². The second kappa shape index (κ2) is 6.61. The lowest BCUT2D eigenvalue weighted by Gasteiger charge is -2.26. The van der Waals surface area contributed by atoms with Crippen molar-refractivity contribution >= 4 is 17.6 Å². The van der Waals surface area contributed by atoms with E-state index in [9.17, 15) is 4.79 Å². The second-order valence-electron chi connectivity index (χ2n) is 6.94. The minimum absolute atomic E-state index is 0.0392. The lowest BCUT2D eigenvalue weighted by molar-refractivity contribution is 0.217. The first-order valence-corrected chi connectivity index (χ1v) is 9.02. The molecule has 126 valence electrons. The van der Waals surface area contributed by atoms with Gasteiger partial charge in [0, 0.05) is 30.0 Å². The summed E-state index contributed by atoms with van der Waals surface area (Å²) in [6.07, 6.45) is 7.36. The molecule has 1 amide bonds. The molecule has 0 radical (unpaired) electrons. The number of nitrogens with zero attached hydrogens (tertiary/aromatic N) is 2. The normalized spacial score (nSPS) is 26.1. The largest absolute Gasteiger partial charge is 0.333 e. The average Bonchev–Trinajstić information content (AvgIpc) is 2.91. The topological polar surface area (TPSA) is 37.3 Å². The highest BCUT2D eigenvalue weighted by Crippen LogP contribution is 2.27. The Morgan fingerprint density at radius 2 is 1.83 bits per heavy atom. The molecule has 3 fully saturated rings. The van der Waals surface area contributed by atoms with Gasteiger partial charge in [-0.1, -0.05) is 23.7 Å². The van der Waals surface area contributed by atoms with Crippen LogP contribution in [-0.2, 0) is 0 Å². The van der Waals surface area contributed by atoms with Gasteiger partial charge < -0.3 is 10.2 Å². The van der Waals surface area contributed by atoms with Gasteiger partial charge in [0.25, 0.3) is 0 Å². The van der Waals surface area contributed by atoms with E-state index in [-0.39, 0.29) is 12.1 Å². The maximum absolute atomic E-state index is 12.6. The van der Waals surface area contributed by atoms with Crippen LogP contribution in [0.4, 0.5) is 4.79 Å². The van der Waals surface area contributed by atoms with Gasteiger partial charge in [-0.05, 0) is 67.6 Å². The first-order chi connectivity index (χ1) is 11.7. The fourth-order valence-corrected chi connectivity index (χ4v) is 4.01. The molecule has 2 bridgehead atoms. The number of nitrogens with one attached hydrogen (secondary N) is 1. The predicted molar refractivity (Wildman–Crippen MR) is 96.4 cm³/mol. The zero-order valence-electron chi connectivity index (χ0n) is 13.6. The number of rotatable bonds is 2. The van der Waals surface area contributed by atoms with E-state index in [0.717, 1.165) is 30.0 Å². The number of aromatic nitrogens is 1. The minimum atomic E-state index is -0.0392. The third-order valence-electron chi connectivity index (χ3n) is 5.24. The Bertz CT molecular complexity index is 702.